The molecule has 6 N–H and O–H groups in total. The summed E-state index contributed by atoms with van der Waals surface area (Å²) >= 11 is 0. The van der Waals surface area contributed by atoms with Crippen LogP contribution in [0.2, 0.25) is 0 Å². The van der Waals surface area contributed by atoms with E-state index in [-0.39, 0.29) is 48.7 Å². The minimum absolute atomic E-state index is 0.184. The summed E-state index contributed by atoms with van der Waals surface area (Å²) in [5.41, 5.74) is 13.4. The minimum atomic E-state index is -0.384. The molecule has 0 aromatic heterocycles. The molecule has 0 aliphatic heterocycles. The number of hydrogen-bond donors (Lipinski definition) is 4. The third-order valence-corrected chi connectivity index (χ3v) is 6.63. The minimum Gasteiger partial charge on any atom is -0.489 e. The van der Waals surface area contributed by atoms with Gasteiger partial charge < -0.3 is 31.6 Å². The van der Waals surface area contributed by atoms with Gasteiger partial charge in [0, 0.05) is 24.2 Å². The van der Waals surface area contributed by atoms with E-state index < -0.39 is 0 Å². The number of halogens is 2. The maximum absolute atomic E-state index is 13.5. The smallest absolute Gasteiger partial charge is 0.234 e. The maximum atomic E-state index is 13.5. The van der Waals surface area contributed by atoms with Gasteiger partial charge >= 0.3 is 0 Å². The second-order valence-electron chi connectivity index (χ2n) is 10.1. The lowest BCUT2D eigenvalue weighted by Gasteiger charge is -2.11. The van der Waals surface area contributed by atoms with Crippen LogP contribution in [0.15, 0.2) is 97.1 Å². The Labute approximate surface area is 256 Å². The molecule has 0 saturated carbocycles. The standard InChI is InChI=1S/2C17H19FN2O2/c2*1-12(17(19)21)20-10-13-6-8-15(9-7-13)22-11-14-4-2-3-5-16(14)18/h2*2-9,12,20H,10-11H2,1H3,(H2,19,21)/t2*12-/m00/s1. The predicted octanol–water partition coefficient (Wildman–Crippen LogP) is 4.74. The third kappa shape index (κ3) is 11.5. The van der Waals surface area contributed by atoms with Crippen LogP contribution < -0.4 is 31.6 Å². The highest BCUT2D eigenvalue weighted by molar-refractivity contribution is 5.79. The first-order chi connectivity index (χ1) is 21.1. The Morgan fingerprint density at radius 2 is 0.955 bits per heavy atom. The van der Waals surface area contributed by atoms with E-state index in [0.717, 1.165) is 11.1 Å². The zero-order valence-corrected chi connectivity index (χ0v) is 24.8. The number of ether oxygens (including phenoxy) is 2. The van der Waals surface area contributed by atoms with Crippen LogP contribution in [0.3, 0.4) is 0 Å². The molecular weight excluding hydrogens is 566 g/mol. The lowest BCUT2D eigenvalue weighted by atomic mass is 10.2. The highest BCUT2D eigenvalue weighted by atomic mass is 19.1. The molecule has 232 valence electrons. The molecule has 0 unspecified atom stereocenters. The zero-order valence-electron chi connectivity index (χ0n) is 24.8. The number of carbonyl (C=O) groups is 2. The van der Waals surface area contributed by atoms with Gasteiger partial charge in [0.1, 0.15) is 36.3 Å². The van der Waals surface area contributed by atoms with Crippen molar-refractivity contribution in [2.75, 3.05) is 0 Å². The van der Waals surface area contributed by atoms with Crippen molar-refractivity contribution in [1.29, 1.82) is 0 Å². The van der Waals surface area contributed by atoms with Crippen molar-refractivity contribution >= 4 is 11.8 Å². The summed E-state index contributed by atoms with van der Waals surface area (Å²) in [6.07, 6.45) is 0. The van der Waals surface area contributed by atoms with E-state index >= 15 is 0 Å². The van der Waals surface area contributed by atoms with Gasteiger partial charge in [-0.05, 0) is 61.4 Å². The Kier molecular flexibility index (Phi) is 13.3. The Morgan fingerprint density at radius 3 is 1.27 bits per heavy atom. The van der Waals surface area contributed by atoms with Crippen LogP contribution in [0.5, 0.6) is 11.5 Å². The molecule has 0 saturated heterocycles. The summed E-state index contributed by atoms with van der Waals surface area (Å²) in [4.78, 5) is 21.9. The summed E-state index contributed by atoms with van der Waals surface area (Å²) in [7, 11) is 0. The lowest BCUT2D eigenvalue weighted by Crippen LogP contribution is -2.38. The fourth-order valence-corrected chi connectivity index (χ4v) is 3.70. The first kappa shape index (κ1) is 33.7. The predicted molar refractivity (Wildman–Crippen MR) is 165 cm³/mol. The van der Waals surface area contributed by atoms with E-state index in [1.165, 1.54) is 12.1 Å². The molecule has 10 heteroatoms. The second-order valence-corrected chi connectivity index (χ2v) is 10.1. The number of nitrogens with one attached hydrogen (secondary N) is 2. The number of nitrogens with two attached hydrogens (primary N) is 2. The number of hydrogen-bond acceptors (Lipinski definition) is 6. The molecule has 8 nitrogen and oxygen atoms in total. The average Bonchev–Trinajstić information content (AvgIpc) is 3.03. The van der Waals surface area contributed by atoms with E-state index in [9.17, 15) is 18.4 Å². The van der Waals surface area contributed by atoms with Crippen LogP contribution >= 0.6 is 0 Å². The molecule has 4 aromatic carbocycles. The van der Waals surface area contributed by atoms with E-state index in [4.69, 9.17) is 20.9 Å². The van der Waals surface area contributed by atoms with Crippen LogP contribution in [-0.4, -0.2) is 23.9 Å². The van der Waals surface area contributed by atoms with E-state index in [1.54, 1.807) is 50.2 Å². The van der Waals surface area contributed by atoms with Crippen LogP contribution in [0, 0.1) is 11.6 Å². The van der Waals surface area contributed by atoms with E-state index in [2.05, 4.69) is 10.6 Å². The molecule has 4 aromatic rings. The quantitative estimate of drug-likeness (QED) is 0.165. The van der Waals surface area contributed by atoms with Gasteiger partial charge in [-0.25, -0.2) is 8.78 Å². The first-order valence-corrected chi connectivity index (χ1v) is 14.1. The molecule has 0 aliphatic rings. The highest BCUT2D eigenvalue weighted by Gasteiger charge is 2.08. The van der Waals surface area contributed by atoms with Crippen molar-refractivity contribution in [3.05, 3.63) is 131 Å². The van der Waals surface area contributed by atoms with Gasteiger partial charge in [-0.1, -0.05) is 60.7 Å². The molecule has 4 rings (SSSR count). The molecule has 2 atom stereocenters. The molecule has 0 spiro atoms. The van der Waals surface area contributed by atoms with Crippen LogP contribution in [0.4, 0.5) is 8.78 Å². The van der Waals surface area contributed by atoms with Crippen LogP contribution in [0.25, 0.3) is 0 Å². The number of rotatable bonds is 14. The van der Waals surface area contributed by atoms with Gasteiger partial charge in [0.05, 0.1) is 12.1 Å². The van der Waals surface area contributed by atoms with Crippen molar-refractivity contribution < 1.29 is 27.8 Å². The van der Waals surface area contributed by atoms with Crippen LogP contribution in [-0.2, 0) is 35.9 Å². The molecule has 0 aliphatic carbocycles. The van der Waals surface area contributed by atoms with E-state index in [0.29, 0.717) is 35.7 Å². The van der Waals surface area contributed by atoms with Gasteiger partial charge in [0.15, 0.2) is 0 Å². The van der Waals surface area contributed by atoms with Gasteiger partial charge in [0.2, 0.25) is 11.8 Å². The van der Waals surface area contributed by atoms with Gasteiger partial charge in [-0.15, -0.1) is 0 Å². The maximum Gasteiger partial charge on any atom is 0.234 e. The lowest BCUT2D eigenvalue weighted by molar-refractivity contribution is -0.120. The van der Waals surface area contributed by atoms with E-state index in [1.807, 2.05) is 48.5 Å². The Hall–Kier alpha value is -4.80. The third-order valence-electron chi connectivity index (χ3n) is 6.63. The normalized spacial score (nSPS) is 11.9. The molecular formula is C34H38F2N4O4. The monoisotopic (exact) mass is 604 g/mol. The van der Waals surface area contributed by atoms with Crippen molar-refractivity contribution in [3.63, 3.8) is 0 Å². The summed E-state index contributed by atoms with van der Waals surface area (Å²) in [6, 6.07) is 27.1. The fraction of sp³-hybridized carbons (Fsp3) is 0.235. The number of amides is 2. The SMILES string of the molecule is C[C@H](NCc1ccc(OCc2ccccc2F)cc1)C(N)=O.C[C@H](NCc1ccc(OCc2ccccc2F)cc1)C(N)=O. The molecule has 0 radical (unpaired) electrons. The number of primary amides is 2. The highest BCUT2D eigenvalue weighted by Crippen LogP contribution is 2.17. The second kappa shape index (κ2) is 17.3. The van der Waals surface area contributed by atoms with Crippen molar-refractivity contribution in [1.82, 2.24) is 10.6 Å². The summed E-state index contributed by atoms with van der Waals surface area (Å²) in [6.45, 7) is 4.88. The number of benzene rings is 4. The molecule has 0 fully saturated rings. The Morgan fingerprint density at radius 1 is 0.614 bits per heavy atom. The summed E-state index contributed by atoms with van der Waals surface area (Å²) in [5, 5.41) is 6.04. The first-order valence-electron chi connectivity index (χ1n) is 14.1. The zero-order chi connectivity index (χ0) is 31.9. The Bertz CT molecular complexity index is 1370. The van der Waals surface area contributed by atoms with Gasteiger partial charge in [-0.3, -0.25) is 9.59 Å². The summed E-state index contributed by atoms with van der Waals surface area (Å²) in [5.74, 6) is 0.00658. The Balaban J connectivity index is 0.000000240. The average molecular weight is 605 g/mol. The largest absolute Gasteiger partial charge is 0.489 e. The molecule has 44 heavy (non-hydrogen) atoms. The molecule has 0 bridgehead atoms. The summed E-state index contributed by atoms with van der Waals surface area (Å²) < 4.78 is 38.1. The van der Waals surface area contributed by atoms with Gasteiger partial charge in [0.25, 0.3) is 0 Å². The van der Waals surface area contributed by atoms with Crippen molar-refractivity contribution in [2.24, 2.45) is 11.5 Å². The van der Waals surface area contributed by atoms with Crippen molar-refractivity contribution in [2.45, 2.75) is 52.2 Å². The molecule has 2 amide bonds. The fourth-order valence-electron chi connectivity index (χ4n) is 3.70. The van der Waals surface area contributed by atoms with Gasteiger partial charge in [-0.2, -0.15) is 0 Å². The number of carbonyl (C=O) groups excluding carboxylic acids is 2. The van der Waals surface area contributed by atoms with Crippen molar-refractivity contribution in [3.8, 4) is 11.5 Å². The molecule has 0 heterocycles. The topological polar surface area (TPSA) is 129 Å². The van der Waals surface area contributed by atoms with Crippen LogP contribution in [0.1, 0.15) is 36.1 Å².